The maximum absolute atomic E-state index is 5.58. The summed E-state index contributed by atoms with van der Waals surface area (Å²) in [5, 5.41) is 3.29. The van der Waals surface area contributed by atoms with Crippen LogP contribution >= 0.6 is 0 Å². The van der Waals surface area contributed by atoms with E-state index in [1.165, 1.54) is 0 Å². The Morgan fingerprint density at radius 1 is 1.36 bits per heavy atom. The summed E-state index contributed by atoms with van der Waals surface area (Å²) in [6.07, 6.45) is 0. The van der Waals surface area contributed by atoms with Crippen molar-refractivity contribution in [1.29, 1.82) is 0 Å². The molecular formula is C9H21NO. The van der Waals surface area contributed by atoms with Crippen LogP contribution in [0.5, 0.6) is 0 Å². The molecule has 0 aliphatic carbocycles. The zero-order chi connectivity index (χ0) is 8.91. The van der Waals surface area contributed by atoms with Crippen LogP contribution in [0.4, 0.5) is 0 Å². The van der Waals surface area contributed by atoms with E-state index in [2.05, 4.69) is 39.9 Å². The van der Waals surface area contributed by atoms with Gasteiger partial charge in [-0.15, -0.1) is 0 Å². The van der Waals surface area contributed by atoms with Gasteiger partial charge in [0.1, 0.15) is 0 Å². The van der Waals surface area contributed by atoms with E-state index in [1.807, 2.05) is 0 Å². The van der Waals surface area contributed by atoms with Crippen molar-refractivity contribution in [3.05, 3.63) is 0 Å². The van der Waals surface area contributed by atoms with Crippen LogP contribution in [0.2, 0.25) is 0 Å². The van der Waals surface area contributed by atoms with Gasteiger partial charge in [0.25, 0.3) is 0 Å². The molecule has 0 radical (unpaired) electrons. The molecule has 0 rings (SSSR count). The molecule has 0 spiro atoms. The van der Waals surface area contributed by atoms with Crippen LogP contribution in [0.1, 0.15) is 34.6 Å². The zero-order valence-corrected chi connectivity index (χ0v) is 8.40. The molecule has 0 fully saturated rings. The van der Waals surface area contributed by atoms with E-state index in [0.717, 1.165) is 13.2 Å². The maximum atomic E-state index is 5.58. The van der Waals surface area contributed by atoms with Crippen molar-refractivity contribution in [3.63, 3.8) is 0 Å². The number of hydrogen-bond acceptors (Lipinski definition) is 2. The van der Waals surface area contributed by atoms with E-state index in [-0.39, 0.29) is 5.60 Å². The molecule has 1 N–H and O–H groups in total. The molecule has 68 valence electrons. The summed E-state index contributed by atoms with van der Waals surface area (Å²) in [4.78, 5) is 0. The van der Waals surface area contributed by atoms with Crippen LogP contribution in [0.3, 0.4) is 0 Å². The first kappa shape index (κ1) is 10.9. The second-order valence-electron chi connectivity index (χ2n) is 3.88. The third kappa shape index (κ3) is 7.82. The Labute approximate surface area is 70.3 Å². The quantitative estimate of drug-likeness (QED) is 0.675. The van der Waals surface area contributed by atoms with E-state index in [1.54, 1.807) is 0 Å². The molecule has 0 amide bonds. The minimum atomic E-state index is -0.0102. The van der Waals surface area contributed by atoms with E-state index >= 15 is 0 Å². The average Bonchev–Trinajstić information content (AvgIpc) is 1.83. The SMILES string of the molecule is CCNC(C)COC(C)(C)C. The predicted octanol–water partition coefficient (Wildman–Crippen LogP) is 1.80. The fraction of sp³-hybridized carbons (Fsp3) is 1.00. The summed E-state index contributed by atoms with van der Waals surface area (Å²) >= 11 is 0. The average molecular weight is 159 g/mol. The third-order valence-corrected chi connectivity index (χ3v) is 1.32. The third-order valence-electron chi connectivity index (χ3n) is 1.32. The molecule has 0 aliphatic heterocycles. The largest absolute Gasteiger partial charge is 0.374 e. The number of rotatable bonds is 4. The van der Waals surface area contributed by atoms with Gasteiger partial charge in [0, 0.05) is 6.04 Å². The number of ether oxygens (including phenoxy) is 1. The number of hydrogen-bond donors (Lipinski definition) is 1. The van der Waals surface area contributed by atoms with Crippen LogP contribution in [0.25, 0.3) is 0 Å². The Kier molecular flexibility index (Phi) is 4.69. The molecule has 11 heavy (non-hydrogen) atoms. The highest BCUT2D eigenvalue weighted by atomic mass is 16.5. The summed E-state index contributed by atoms with van der Waals surface area (Å²) in [5.41, 5.74) is -0.0102. The highest BCUT2D eigenvalue weighted by Gasteiger charge is 2.11. The summed E-state index contributed by atoms with van der Waals surface area (Å²) in [7, 11) is 0. The second-order valence-corrected chi connectivity index (χ2v) is 3.88. The Hall–Kier alpha value is -0.0800. The first-order chi connectivity index (χ1) is 4.95. The fourth-order valence-corrected chi connectivity index (χ4v) is 0.782. The molecule has 0 aliphatic rings. The Morgan fingerprint density at radius 2 is 1.91 bits per heavy atom. The summed E-state index contributed by atoms with van der Waals surface area (Å²) in [6.45, 7) is 12.3. The van der Waals surface area contributed by atoms with E-state index in [0.29, 0.717) is 6.04 Å². The predicted molar refractivity (Wildman–Crippen MR) is 48.8 cm³/mol. The van der Waals surface area contributed by atoms with Crippen molar-refractivity contribution >= 4 is 0 Å². The molecule has 0 bridgehead atoms. The van der Waals surface area contributed by atoms with Crippen molar-refractivity contribution in [2.45, 2.75) is 46.3 Å². The van der Waals surface area contributed by atoms with Gasteiger partial charge in [0.05, 0.1) is 12.2 Å². The van der Waals surface area contributed by atoms with Gasteiger partial charge in [-0.2, -0.15) is 0 Å². The minimum Gasteiger partial charge on any atom is -0.374 e. The van der Waals surface area contributed by atoms with Gasteiger partial charge in [-0.3, -0.25) is 0 Å². The first-order valence-corrected chi connectivity index (χ1v) is 4.33. The lowest BCUT2D eigenvalue weighted by atomic mass is 10.2. The summed E-state index contributed by atoms with van der Waals surface area (Å²) in [6, 6.07) is 0.458. The van der Waals surface area contributed by atoms with E-state index in [9.17, 15) is 0 Å². The zero-order valence-electron chi connectivity index (χ0n) is 8.40. The number of likely N-dealkylation sites (N-methyl/N-ethyl adjacent to an activating group) is 1. The van der Waals surface area contributed by atoms with Crippen LogP contribution in [-0.2, 0) is 4.74 Å². The van der Waals surface area contributed by atoms with E-state index < -0.39 is 0 Å². The standard InChI is InChI=1S/C9H21NO/c1-6-10-8(2)7-11-9(3,4)5/h8,10H,6-7H2,1-5H3. The van der Waals surface area contributed by atoms with Gasteiger partial charge < -0.3 is 10.1 Å². The molecule has 0 heterocycles. The monoisotopic (exact) mass is 159 g/mol. The van der Waals surface area contributed by atoms with Gasteiger partial charge in [-0.25, -0.2) is 0 Å². The molecule has 0 aromatic rings. The molecule has 1 atom stereocenters. The minimum absolute atomic E-state index is 0.0102. The molecule has 2 heteroatoms. The second kappa shape index (κ2) is 4.73. The summed E-state index contributed by atoms with van der Waals surface area (Å²) < 4.78 is 5.58. The van der Waals surface area contributed by atoms with Gasteiger partial charge in [-0.1, -0.05) is 6.92 Å². The van der Waals surface area contributed by atoms with E-state index in [4.69, 9.17) is 4.74 Å². The van der Waals surface area contributed by atoms with Crippen LogP contribution in [0.15, 0.2) is 0 Å². The molecule has 0 aromatic heterocycles. The Balaban J connectivity index is 3.38. The molecule has 0 saturated carbocycles. The maximum Gasteiger partial charge on any atom is 0.0624 e. The van der Waals surface area contributed by atoms with Crippen molar-refractivity contribution in [2.75, 3.05) is 13.2 Å². The van der Waals surface area contributed by atoms with Crippen LogP contribution < -0.4 is 5.32 Å². The lowest BCUT2D eigenvalue weighted by Gasteiger charge is -2.22. The van der Waals surface area contributed by atoms with Gasteiger partial charge >= 0.3 is 0 Å². The smallest absolute Gasteiger partial charge is 0.0624 e. The molecular weight excluding hydrogens is 138 g/mol. The Bertz CT molecular complexity index is 96.2. The highest BCUT2D eigenvalue weighted by molar-refractivity contribution is 4.63. The summed E-state index contributed by atoms with van der Waals surface area (Å²) in [5.74, 6) is 0. The number of nitrogens with one attached hydrogen (secondary N) is 1. The lowest BCUT2D eigenvalue weighted by molar-refractivity contribution is -0.0120. The normalized spacial score (nSPS) is 15.0. The fourth-order valence-electron chi connectivity index (χ4n) is 0.782. The molecule has 0 aromatic carbocycles. The molecule has 1 unspecified atom stereocenters. The Morgan fingerprint density at radius 3 is 2.27 bits per heavy atom. The molecule has 2 nitrogen and oxygen atoms in total. The van der Waals surface area contributed by atoms with Crippen molar-refractivity contribution in [3.8, 4) is 0 Å². The van der Waals surface area contributed by atoms with Crippen LogP contribution in [0, 0.1) is 0 Å². The lowest BCUT2D eigenvalue weighted by Crippen LogP contribution is -2.34. The van der Waals surface area contributed by atoms with Crippen molar-refractivity contribution in [1.82, 2.24) is 5.32 Å². The van der Waals surface area contributed by atoms with Gasteiger partial charge in [0.2, 0.25) is 0 Å². The first-order valence-electron chi connectivity index (χ1n) is 4.33. The molecule has 0 saturated heterocycles. The van der Waals surface area contributed by atoms with Gasteiger partial charge in [0.15, 0.2) is 0 Å². The van der Waals surface area contributed by atoms with Gasteiger partial charge in [-0.05, 0) is 34.2 Å². The highest BCUT2D eigenvalue weighted by Crippen LogP contribution is 2.06. The van der Waals surface area contributed by atoms with Crippen LogP contribution in [-0.4, -0.2) is 24.8 Å². The van der Waals surface area contributed by atoms with Crippen molar-refractivity contribution < 1.29 is 4.74 Å². The topological polar surface area (TPSA) is 21.3 Å². The van der Waals surface area contributed by atoms with Crippen molar-refractivity contribution in [2.24, 2.45) is 0 Å².